The minimum Gasteiger partial charge on any atom is -0.309 e. The van der Waals surface area contributed by atoms with Gasteiger partial charge < -0.3 is 4.57 Å². The van der Waals surface area contributed by atoms with Crippen molar-refractivity contribution in [2.75, 3.05) is 0 Å². The van der Waals surface area contributed by atoms with Crippen molar-refractivity contribution in [3.63, 3.8) is 0 Å². The van der Waals surface area contributed by atoms with E-state index in [0.29, 0.717) is 5.56 Å². The van der Waals surface area contributed by atoms with Crippen LogP contribution in [0.25, 0.3) is 27.5 Å². The number of aromatic nitrogens is 1. The van der Waals surface area contributed by atoms with E-state index in [0.717, 1.165) is 5.69 Å². The summed E-state index contributed by atoms with van der Waals surface area (Å²) < 4.78 is 2.29. The number of hydrogen-bond acceptors (Lipinski definition) is 1. The van der Waals surface area contributed by atoms with Gasteiger partial charge in [-0.25, -0.2) is 0 Å². The van der Waals surface area contributed by atoms with Gasteiger partial charge in [0.25, 0.3) is 0 Å². The zero-order chi connectivity index (χ0) is 17.6. The summed E-state index contributed by atoms with van der Waals surface area (Å²) in [5.74, 6) is 0. The Bertz CT molecular complexity index is 1120. The SMILES string of the molecule is CC(C)(C)c1ccc2c3ccccc3n(-c3ccc(C#N)cc3)c2c1. The Labute approximate surface area is 147 Å². The Balaban J connectivity index is 2.09. The van der Waals surface area contributed by atoms with Gasteiger partial charge in [0.15, 0.2) is 0 Å². The fourth-order valence-corrected chi connectivity index (χ4v) is 3.40. The predicted octanol–water partition coefficient (Wildman–Crippen LogP) is 5.95. The van der Waals surface area contributed by atoms with Gasteiger partial charge in [-0.15, -0.1) is 0 Å². The summed E-state index contributed by atoms with van der Waals surface area (Å²) in [7, 11) is 0. The summed E-state index contributed by atoms with van der Waals surface area (Å²) in [4.78, 5) is 0. The van der Waals surface area contributed by atoms with Crippen molar-refractivity contribution in [2.24, 2.45) is 0 Å². The summed E-state index contributed by atoms with van der Waals surface area (Å²) in [5.41, 5.74) is 5.57. The molecule has 0 saturated carbocycles. The third-order valence-electron chi connectivity index (χ3n) is 4.79. The minimum atomic E-state index is 0.0974. The molecule has 122 valence electrons. The van der Waals surface area contributed by atoms with E-state index in [-0.39, 0.29) is 5.41 Å². The Kier molecular flexibility index (Phi) is 3.40. The van der Waals surface area contributed by atoms with Gasteiger partial charge in [0.2, 0.25) is 0 Å². The molecular formula is C23H20N2. The third kappa shape index (κ3) is 2.49. The van der Waals surface area contributed by atoms with Crippen LogP contribution in [0.15, 0.2) is 66.7 Å². The van der Waals surface area contributed by atoms with Crippen molar-refractivity contribution in [2.45, 2.75) is 26.2 Å². The molecule has 4 rings (SSSR count). The van der Waals surface area contributed by atoms with Crippen LogP contribution in [0.3, 0.4) is 0 Å². The lowest BCUT2D eigenvalue weighted by Crippen LogP contribution is -2.10. The molecule has 1 heterocycles. The fraction of sp³-hybridized carbons (Fsp3) is 0.174. The zero-order valence-corrected chi connectivity index (χ0v) is 14.7. The Morgan fingerprint density at radius 3 is 2.16 bits per heavy atom. The second-order valence-corrected chi connectivity index (χ2v) is 7.49. The normalized spacial score (nSPS) is 11.8. The van der Waals surface area contributed by atoms with Gasteiger partial charge in [-0.05, 0) is 47.4 Å². The van der Waals surface area contributed by atoms with E-state index in [4.69, 9.17) is 5.26 Å². The molecule has 25 heavy (non-hydrogen) atoms. The highest BCUT2D eigenvalue weighted by Gasteiger charge is 2.17. The molecule has 0 aliphatic rings. The maximum Gasteiger partial charge on any atom is 0.0991 e. The molecule has 3 aromatic carbocycles. The summed E-state index contributed by atoms with van der Waals surface area (Å²) in [6.45, 7) is 6.72. The van der Waals surface area contributed by atoms with Crippen molar-refractivity contribution in [3.8, 4) is 11.8 Å². The van der Waals surface area contributed by atoms with Crippen molar-refractivity contribution >= 4 is 21.8 Å². The maximum atomic E-state index is 9.07. The lowest BCUT2D eigenvalue weighted by atomic mass is 9.86. The van der Waals surface area contributed by atoms with Gasteiger partial charge in [0, 0.05) is 16.5 Å². The molecule has 0 aliphatic carbocycles. The van der Waals surface area contributed by atoms with Gasteiger partial charge in [0.1, 0.15) is 0 Å². The highest BCUT2D eigenvalue weighted by atomic mass is 15.0. The molecular weight excluding hydrogens is 304 g/mol. The fourth-order valence-electron chi connectivity index (χ4n) is 3.40. The van der Waals surface area contributed by atoms with Crippen LogP contribution in [-0.4, -0.2) is 4.57 Å². The van der Waals surface area contributed by atoms with Crippen LogP contribution in [0.4, 0.5) is 0 Å². The Morgan fingerprint density at radius 1 is 0.800 bits per heavy atom. The largest absolute Gasteiger partial charge is 0.309 e. The molecule has 0 N–H and O–H groups in total. The van der Waals surface area contributed by atoms with Crippen LogP contribution in [-0.2, 0) is 5.41 Å². The summed E-state index contributed by atoms with van der Waals surface area (Å²) >= 11 is 0. The number of nitrogens with zero attached hydrogens (tertiary/aromatic N) is 2. The summed E-state index contributed by atoms with van der Waals surface area (Å²) in [6.07, 6.45) is 0. The van der Waals surface area contributed by atoms with E-state index >= 15 is 0 Å². The monoisotopic (exact) mass is 324 g/mol. The van der Waals surface area contributed by atoms with Gasteiger partial charge in [-0.3, -0.25) is 0 Å². The molecule has 0 saturated heterocycles. The van der Waals surface area contributed by atoms with Crippen LogP contribution in [0.1, 0.15) is 31.9 Å². The molecule has 0 bridgehead atoms. The molecule has 0 atom stereocenters. The van der Waals surface area contributed by atoms with Crippen LogP contribution in [0.5, 0.6) is 0 Å². The smallest absolute Gasteiger partial charge is 0.0991 e. The lowest BCUT2D eigenvalue weighted by Gasteiger charge is -2.19. The van der Waals surface area contributed by atoms with E-state index < -0.39 is 0 Å². The topological polar surface area (TPSA) is 28.7 Å². The van der Waals surface area contributed by atoms with E-state index in [2.05, 4.69) is 73.9 Å². The lowest BCUT2D eigenvalue weighted by molar-refractivity contribution is 0.591. The average Bonchev–Trinajstić information content (AvgIpc) is 2.95. The Morgan fingerprint density at radius 2 is 1.48 bits per heavy atom. The standard InChI is InChI=1S/C23H20N2/c1-23(2,3)17-10-13-20-19-6-4-5-7-21(19)25(22(20)14-17)18-11-8-16(15-24)9-12-18/h4-14H,1-3H3. The van der Waals surface area contributed by atoms with Gasteiger partial charge in [0.05, 0.1) is 22.7 Å². The number of benzene rings is 3. The second-order valence-electron chi connectivity index (χ2n) is 7.49. The van der Waals surface area contributed by atoms with Crippen LogP contribution < -0.4 is 0 Å². The zero-order valence-electron chi connectivity index (χ0n) is 14.7. The van der Waals surface area contributed by atoms with Crippen molar-refractivity contribution in [1.82, 2.24) is 4.57 Å². The predicted molar refractivity (Wildman–Crippen MR) is 104 cm³/mol. The molecule has 0 unspecified atom stereocenters. The molecule has 0 aliphatic heterocycles. The second kappa shape index (κ2) is 5.50. The van der Waals surface area contributed by atoms with Crippen LogP contribution in [0.2, 0.25) is 0 Å². The molecule has 1 aromatic heterocycles. The summed E-state index contributed by atoms with van der Waals surface area (Å²) in [5, 5.41) is 11.6. The third-order valence-corrected chi connectivity index (χ3v) is 4.79. The van der Waals surface area contributed by atoms with E-state index in [9.17, 15) is 0 Å². The van der Waals surface area contributed by atoms with Crippen molar-refractivity contribution in [1.29, 1.82) is 5.26 Å². The average molecular weight is 324 g/mol. The first-order valence-electron chi connectivity index (χ1n) is 8.53. The van der Waals surface area contributed by atoms with Gasteiger partial charge in [-0.1, -0.05) is 51.1 Å². The molecule has 2 heteroatoms. The van der Waals surface area contributed by atoms with Gasteiger partial charge >= 0.3 is 0 Å². The molecule has 4 aromatic rings. The number of fused-ring (bicyclic) bond motifs is 3. The minimum absolute atomic E-state index is 0.0974. The van der Waals surface area contributed by atoms with Gasteiger partial charge in [-0.2, -0.15) is 5.26 Å². The quantitative estimate of drug-likeness (QED) is 0.425. The molecule has 2 nitrogen and oxygen atoms in total. The summed E-state index contributed by atoms with van der Waals surface area (Å²) in [6, 6.07) is 25.3. The number of rotatable bonds is 1. The molecule has 0 fully saturated rings. The highest BCUT2D eigenvalue weighted by Crippen LogP contribution is 2.34. The number of para-hydroxylation sites is 1. The number of nitriles is 1. The van der Waals surface area contributed by atoms with E-state index in [1.54, 1.807) is 0 Å². The first-order valence-corrected chi connectivity index (χ1v) is 8.53. The van der Waals surface area contributed by atoms with Crippen molar-refractivity contribution in [3.05, 3.63) is 77.9 Å². The maximum absolute atomic E-state index is 9.07. The van der Waals surface area contributed by atoms with Crippen molar-refractivity contribution < 1.29 is 0 Å². The van der Waals surface area contributed by atoms with Crippen LogP contribution >= 0.6 is 0 Å². The molecule has 0 radical (unpaired) electrons. The highest BCUT2D eigenvalue weighted by molar-refractivity contribution is 6.09. The molecule has 0 spiro atoms. The van der Waals surface area contributed by atoms with Crippen LogP contribution in [0, 0.1) is 11.3 Å². The number of hydrogen-bond donors (Lipinski definition) is 0. The van der Waals surface area contributed by atoms with E-state index in [1.165, 1.54) is 27.4 Å². The first-order chi connectivity index (χ1) is 12.0. The molecule has 0 amide bonds. The Hall–Kier alpha value is -3.05. The van der Waals surface area contributed by atoms with E-state index in [1.807, 2.05) is 24.3 Å². The first kappa shape index (κ1) is 15.5.